The molecule has 1 amide bonds. The maximum absolute atomic E-state index is 11.6. The van der Waals surface area contributed by atoms with Gasteiger partial charge in [0.15, 0.2) is 0 Å². The van der Waals surface area contributed by atoms with E-state index in [0.29, 0.717) is 6.42 Å². The second-order valence-electron chi connectivity index (χ2n) is 3.97. The lowest BCUT2D eigenvalue weighted by atomic mass is 10.2. The lowest BCUT2D eigenvalue weighted by Crippen LogP contribution is -2.38. The minimum Gasteiger partial charge on any atom is -0.376 e. The molecule has 0 aliphatic carbocycles. The van der Waals surface area contributed by atoms with Gasteiger partial charge < -0.3 is 15.0 Å². The smallest absolute Gasteiger partial charge is 0.223 e. The Morgan fingerprint density at radius 1 is 1.50 bits per heavy atom. The molecule has 0 radical (unpaired) electrons. The van der Waals surface area contributed by atoms with Crippen LogP contribution in [0.25, 0.3) is 0 Å². The summed E-state index contributed by atoms with van der Waals surface area (Å²) in [7, 11) is 0. The predicted molar refractivity (Wildman–Crippen MR) is 53.0 cm³/mol. The van der Waals surface area contributed by atoms with E-state index in [-0.39, 0.29) is 12.0 Å². The minimum absolute atomic E-state index is 0.269. The molecule has 1 unspecified atom stereocenters. The zero-order valence-corrected chi connectivity index (χ0v) is 8.50. The molecule has 2 fully saturated rings. The molecule has 1 atom stereocenters. The van der Waals surface area contributed by atoms with Gasteiger partial charge in [-0.1, -0.05) is 0 Å². The summed E-state index contributed by atoms with van der Waals surface area (Å²) in [4.78, 5) is 13.6. The number of hydrogen-bond acceptors (Lipinski definition) is 3. The zero-order valence-electron chi connectivity index (χ0n) is 8.50. The van der Waals surface area contributed by atoms with Crippen LogP contribution >= 0.6 is 0 Å². The third-order valence-corrected chi connectivity index (χ3v) is 2.87. The highest BCUT2D eigenvalue weighted by atomic mass is 16.5. The lowest BCUT2D eigenvalue weighted by Gasteiger charge is -2.23. The van der Waals surface area contributed by atoms with E-state index in [4.69, 9.17) is 4.74 Å². The molecule has 0 saturated carbocycles. The number of carbonyl (C=O) groups is 1. The van der Waals surface area contributed by atoms with Crippen LogP contribution in [0, 0.1) is 0 Å². The molecule has 4 heteroatoms. The Kier molecular flexibility index (Phi) is 3.37. The standard InChI is InChI=1S/C10H18N2O2/c13-10-3-4-11-5-6-12(10)8-9-2-1-7-14-9/h9,11H,1-8H2. The molecule has 2 heterocycles. The van der Waals surface area contributed by atoms with Crippen LogP contribution in [0.2, 0.25) is 0 Å². The van der Waals surface area contributed by atoms with Gasteiger partial charge in [-0.05, 0) is 12.8 Å². The van der Waals surface area contributed by atoms with Gasteiger partial charge in [0.25, 0.3) is 0 Å². The van der Waals surface area contributed by atoms with Crippen LogP contribution in [0.1, 0.15) is 19.3 Å². The molecule has 4 nitrogen and oxygen atoms in total. The van der Waals surface area contributed by atoms with Gasteiger partial charge in [-0.15, -0.1) is 0 Å². The summed E-state index contributed by atoms with van der Waals surface area (Å²) in [5.41, 5.74) is 0. The van der Waals surface area contributed by atoms with Gasteiger partial charge in [0.05, 0.1) is 6.10 Å². The number of rotatable bonds is 2. The van der Waals surface area contributed by atoms with E-state index in [1.54, 1.807) is 0 Å². The van der Waals surface area contributed by atoms with E-state index in [2.05, 4.69) is 5.32 Å². The number of nitrogens with zero attached hydrogens (tertiary/aromatic N) is 1. The molecule has 0 aromatic heterocycles. The molecule has 2 aliphatic rings. The van der Waals surface area contributed by atoms with E-state index >= 15 is 0 Å². The van der Waals surface area contributed by atoms with Crippen LogP contribution in [-0.2, 0) is 9.53 Å². The van der Waals surface area contributed by atoms with E-state index in [1.165, 1.54) is 0 Å². The number of ether oxygens (including phenoxy) is 1. The van der Waals surface area contributed by atoms with E-state index in [0.717, 1.165) is 45.6 Å². The first-order valence-corrected chi connectivity index (χ1v) is 5.46. The molecule has 80 valence electrons. The maximum Gasteiger partial charge on any atom is 0.223 e. The van der Waals surface area contributed by atoms with Crippen LogP contribution < -0.4 is 5.32 Å². The van der Waals surface area contributed by atoms with Crippen LogP contribution in [0.3, 0.4) is 0 Å². The summed E-state index contributed by atoms with van der Waals surface area (Å²) in [6.07, 6.45) is 3.17. The highest BCUT2D eigenvalue weighted by molar-refractivity contribution is 5.76. The second-order valence-corrected chi connectivity index (χ2v) is 3.97. The number of hydrogen-bond donors (Lipinski definition) is 1. The molecule has 0 aromatic rings. The van der Waals surface area contributed by atoms with Crippen molar-refractivity contribution in [2.75, 3.05) is 32.8 Å². The van der Waals surface area contributed by atoms with Gasteiger partial charge in [-0.25, -0.2) is 0 Å². The Morgan fingerprint density at radius 3 is 3.21 bits per heavy atom. The molecule has 2 aliphatic heterocycles. The molecule has 1 N–H and O–H groups in total. The molecule has 14 heavy (non-hydrogen) atoms. The number of nitrogens with one attached hydrogen (secondary N) is 1. The normalized spacial score (nSPS) is 29.3. The predicted octanol–water partition coefficient (Wildman–Crippen LogP) is -0.0127. The molecule has 0 aromatic carbocycles. The first-order valence-electron chi connectivity index (χ1n) is 5.46. The highest BCUT2D eigenvalue weighted by Gasteiger charge is 2.23. The SMILES string of the molecule is O=C1CCNCCN1CC1CCCO1. The maximum atomic E-state index is 11.6. The number of amides is 1. The quantitative estimate of drug-likeness (QED) is 0.678. The molecule has 0 bridgehead atoms. The third kappa shape index (κ3) is 2.45. The second kappa shape index (κ2) is 4.75. The van der Waals surface area contributed by atoms with Crippen molar-refractivity contribution < 1.29 is 9.53 Å². The molecule has 2 rings (SSSR count). The molecular weight excluding hydrogens is 180 g/mol. The summed E-state index contributed by atoms with van der Waals surface area (Å²) < 4.78 is 5.53. The van der Waals surface area contributed by atoms with E-state index < -0.39 is 0 Å². The van der Waals surface area contributed by atoms with Crippen molar-refractivity contribution in [3.8, 4) is 0 Å². The van der Waals surface area contributed by atoms with Crippen LogP contribution in [0.5, 0.6) is 0 Å². The summed E-state index contributed by atoms with van der Waals surface area (Å²) in [6.45, 7) is 4.23. The Hall–Kier alpha value is -0.610. The minimum atomic E-state index is 0.269. The summed E-state index contributed by atoms with van der Waals surface area (Å²) in [5, 5.41) is 3.23. The largest absolute Gasteiger partial charge is 0.376 e. The van der Waals surface area contributed by atoms with E-state index in [9.17, 15) is 4.79 Å². The van der Waals surface area contributed by atoms with Crippen LogP contribution in [-0.4, -0.2) is 49.7 Å². The fraction of sp³-hybridized carbons (Fsp3) is 0.900. The monoisotopic (exact) mass is 198 g/mol. The van der Waals surface area contributed by atoms with Gasteiger partial charge in [0.1, 0.15) is 0 Å². The Balaban J connectivity index is 1.84. The van der Waals surface area contributed by atoms with Crippen molar-refractivity contribution in [1.29, 1.82) is 0 Å². The number of carbonyl (C=O) groups excluding carboxylic acids is 1. The fourth-order valence-electron chi connectivity index (χ4n) is 2.04. The topological polar surface area (TPSA) is 41.6 Å². The van der Waals surface area contributed by atoms with Gasteiger partial charge in [-0.2, -0.15) is 0 Å². The van der Waals surface area contributed by atoms with Gasteiger partial charge >= 0.3 is 0 Å². The lowest BCUT2D eigenvalue weighted by molar-refractivity contribution is -0.131. The zero-order chi connectivity index (χ0) is 9.80. The molecule has 2 saturated heterocycles. The summed E-state index contributed by atoms with van der Waals surface area (Å²) in [5.74, 6) is 0.269. The Labute approximate surface area is 84.6 Å². The van der Waals surface area contributed by atoms with Crippen LogP contribution in [0.15, 0.2) is 0 Å². The molecular formula is C10H18N2O2. The first kappa shape index (κ1) is 9.93. The van der Waals surface area contributed by atoms with Gasteiger partial charge in [-0.3, -0.25) is 4.79 Å². The fourth-order valence-corrected chi connectivity index (χ4v) is 2.04. The Bertz CT molecular complexity index is 202. The van der Waals surface area contributed by atoms with E-state index in [1.807, 2.05) is 4.90 Å². The average molecular weight is 198 g/mol. The van der Waals surface area contributed by atoms with Crippen molar-refractivity contribution in [2.45, 2.75) is 25.4 Å². The van der Waals surface area contributed by atoms with Crippen molar-refractivity contribution >= 4 is 5.91 Å². The van der Waals surface area contributed by atoms with Crippen molar-refractivity contribution in [2.24, 2.45) is 0 Å². The molecule has 0 spiro atoms. The van der Waals surface area contributed by atoms with Crippen LogP contribution in [0.4, 0.5) is 0 Å². The van der Waals surface area contributed by atoms with Crippen molar-refractivity contribution in [3.63, 3.8) is 0 Å². The summed E-state index contributed by atoms with van der Waals surface area (Å²) in [6, 6.07) is 0. The third-order valence-electron chi connectivity index (χ3n) is 2.87. The highest BCUT2D eigenvalue weighted by Crippen LogP contribution is 2.14. The van der Waals surface area contributed by atoms with Gasteiger partial charge in [0, 0.05) is 39.2 Å². The van der Waals surface area contributed by atoms with Crippen molar-refractivity contribution in [3.05, 3.63) is 0 Å². The Morgan fingerprint density at radius 2 is 2.43 bits per heavy atom. The van der Waals surface area contributed by atoms with Gasteiger partial charge in [0.2, 0.25) is 5.91 Å². The average Bonchev–Trinajstić information content (AvgIpc) is 2.60. The first-order chi connectivity index (χ1) is 6.86. The summed E-state index contributed by atoms with van der Waals surface area (Å²) >= 11 is 0. The van der Waals surface area contributed by atoms with Crippen molar-refractivity contribution in [1.82, 2.24) is 10.2 Å².